The van der Waals surface area contributed by atoms with Crippen molar-refractivity contribution in [1.29, 1.82) is 0 Å². The fourth-order valence-corrected chi connectivity index (χ4v) is 4.02. The quantitative estimate of drug-likeness (QED) is 0.607. The van der Waals surface area contributed by atoms with Crippen LogP contribution in [0.1, 0.15) is 44.5 Å². The standard InChI is InChI=1S/C27H36FN5O3/c1-5-14-33(26(36)30-27(2,3)4)19-24(34)29-20-10-12-21(13-11-20)31-15-17-32(18-16-31)25(35)22-8-6-7-9-23(22)28/h6-13H,5,14-19H2,1-4H3,(H,29,34)(H,30,36). The minimum absolute atomic E-state index is 0.0322. The molecule has 0 unspecified atom stereocenters. The molecule has 9 heteroatoms. The van der Waals surface area contributed by atoms with Gasteiger partial charge in [-0.2, -0.15) is 0 Å². The van der Waals surface area contributed by atoms with Crippen molar-refractivity contribution in [1.82, 2.24) is 15.1 Å². The summed E-state index contributed by atoms with van der Waals surface area (Å²) in [6.45, 7) is 10.4. The first-order chi connectivity index (χ1) is 17.1. The minimum Gasteiger partial charge on any atom is -0.368 e. The zero-order valence-corrected chi connectivity index (χ0v) is 21.5. The van der Waals surface area contributed by atoms with Crippen LogP contribution >= 0.6 is 0 Å². The Morgan fingerprint density at radius 2 is 1.61 bits per heavy atom. The Kier molecular flexibility index (Phi) is 8.90. The second-order valence-corrected chi connectivity index (χ2v) is 9.96. The van der Waals surface area contributed by atoms with Gasteiger partial charge in [-0.1, -0.05) is 19.1 Å². The van der Waals surface area contributed by atoms with E-state index in [1.165, 1.54) is 17.0 Å². The van der Waals surface area contributed by atoms with Gasteiger partial charge >= 0.3 is 6.03 Å². The minimum atomic E-state index is -0.504. The lowest BCUT2D eigenvalue weighted by Gasteiger charge is -2.36. The maximum absolute atomic E-state index is 14.0. The number of carbonyl (C=O) groups excluding carboxylic acids is 3. The molecular weight excluding hydrogens is 461 g/mol. The van der Waals surface area contributed by atoms with E-state index in [0.29, 0.717) is 38.4 Å². The molecule has 3 rings (SSSR count). The van der Waals surface area contributed by atoms with Crippen molar-refractivity contribution in [2.24, 2.45) is 0 Å². The van der Waals surface area contributed by atoms with Crippen molar-refractivity contribution in [3.05, 3.63) is 59.9 Å². The van der Waals surface area contributed by atoms with Crippen molar-refractivity contribution in [3.63, 3.8) is 0 Å². The summed E-state index contributed by atoms with van der Waals surface area (Å²) in [5, 5.41) is 5.75. The fraction of sp³-hybridized carbons (Fsp3) is 0.444. The van der Waals surface area contributed by atoms with Gasteiger partial charge in [-0.25, -0.2) is 9.18 Å². The maximum atomic E-state index is 14.0. The number of benzene rings is 2. The largest absolute Gasteiger partial charge is 0.368 e. The van der Waals surface area contributed by atoms with Crippen molar-refractivity contribution in [2.75, 3.05) is 49.5 Å². The summed E-state index contributed by atoms with van der Waals surface area (Å²) in [4.78, 5) is 43.1. The Morgan fingerprint density at radius 3 is 2.19 bits per heavy atom. The molecule has 1 heterocycles. The number of piperazine rings is 1. The molecule has 2 aromatic carbocycles. The third kappa shape index (κ3) is 7.44. The first-order valence-corrected chi connectivity index (χ1v) is 12.3. The van der Waals surface area contributed by atoms with Gasteiger partial charge in [0.2, 0.25) is 5.91 Å². The Labute approximate surface area is 212 Å². The van der Waals surface area contributed by atoms with Crippen LogP contribution in [0.25, 0.3) is 0 Å². The SMILES string of the molecule is CCCN(CC(=O)Nc1ccc(N2CCN(C(=O)c3ccccc3F)CC2)cc1)C(=O)NC(C)(C)C. The molecule has 1 aliphatic heterocycles. The number of hydrogen-bond acceptors (Lipinski definition) is 4. The molecular formula is C27H36FN5O3. The highest BCUT2D eigenvalue weighted by Crippen LogP contribution is 2.21. The van der Waals surface area contributed by atoms with Crippen molar-refractivity contribution in [2.45, 2.75) is 39.7 Å². The average molecular weight is 498 g/mol. The molecule has 194 valence electrons. The molecule has 8 nitrogen and oxygen atoms in total. The Balaban J connectivity index is 1.52. The van der Waals surface area contributed by atoms with Gasteiger partial charge in [0.25, 0.3) is 5.91 Å². The van der Waals surface area contributed by atoms with Gasteiger partial charge in [-0.3, -0.25) is 9.59 Å². The number of urea groups is 1. The third-order valence-electron chi connectivity index (χ3n) is 5.78. The molecule has 0 radical (unpaired) electrons. The fourth-order valence-electron chi connectivity index (χ4n) is 4.02. The van der Waals surface area contributed by atoms with Crippen LogP contribution in [0.15, 0.2) is 48.5 Å². The number of amides is 4. The number of nitrogens with one attached hydrogen (secondary N) is 2. The number of carbonyl (C=O) groups is 3. The maximum Gasteiger partial charge on any atom is 0.318 e. The molecule has 1 saturated heterocycles. The smallest absolute Gasteiger partial charge is 0.318 e. The van der Waals surface area contributed by atoms with Crippen LogP contribution in [0.4, 0.5) is 20.6 Å². The molecule has 0 bridgehead atoms. The number of halogens is 1. The zero-order chi connectivity index (χ0) is 26.3. The normalized spacial score (nSPS) is 13.8. The van der Waals surface area contributed by atoms with Crippen LogP contribution in [-0.4, -0.2) is 72.5 Å². The second kappa shape index (κ2) is 11.9. The highest BCUT2D eigenvalue weighted by molar-refractivity contribution is 5.95. The number of rotatable bonds is 7. The summed E-state index contributed by atoms with van der Waals surface area (Å²) >= 11 is 0. The topological polar surface area (TPSA) is 85.0 Å². The summed E-state index contributed by atoms with van der Waals surface area (Å²) < 4.78 is 14.0. The summed E-state index contributed by atoms with van der Waals surface area (Å²) in [5.41, 5.74) is 1.33. The van der Waals surface area contributed by atoms with E-state index in [9.17, 15) is 18.8 Å². The monoisotopic (exact) mass is 497 g/mol. The molecule has 1 fully saturated rings. The first kappa shape index (κ1) is 27.0. The van der Waals surface area contributed by atoms with Crippen LogP contribution in [-0.2, 0) is 4.79 Å². The lowest BCUT2D eigenvalue weighted by molar-refractivity contribution is -0.116. The first-order valence-electron chi connectivity index (χ1n) is 12.3. The van der Waals surface area contributed by atoms with Gasteiger partial charge in [0.05, 0.1) is 5.56 Å². The predicted molar refractivity (Wildman–Crippen MR) is 140 cm³/mol. The van der Waals surface area contributed by atoms with E-state index < -0.39 is 5.82 Å². The van der Waals surface area contributed by atoms with E-state index in [1.807, 2.05) is 52.0 Å². The van der Waals surface area contributed by atoms with Crippen LogP contribution in [0.2, 0.25) is 0 Å². The lowest BCUT2D eigenvalue weighted by atomic mass is 10.1. The summed E-state index contributed by atoms with van der Waals surface area (Å²) in [5.74, 6) is -1.06. The van der Waals surface area contributed by atoms with Gasteiger partial charge in [0.1, 0.15) is 12.4 Å². The number of nitrogens with zero attached hydrogens (tertiary/aromatic N) is 3. The van der Waals surface area contributed by atoms with Crippen LogP contribution < -0.4 is 15.5 Å². The Bertz CT molecular complexity index is 1060. The van der Waals surface area contributed by atoms with E-state index in [1.54, 1.807) is 17.0 Å². The van der Waals surface area contributed by atoms with Gasteiger partial charge in [-0.05, 0) is 63.6 Å². The summed E-state index contributed by atoms with van der Waals surface area (Å²) in [6.07, 6.45) is 0.749. The second-order valence-electron chi connectivity index (χ2n) is 9.96. The van der Waals surface area contributed by atoms with Gasteiger partial charge < -0.3 is 25.3 Å². The van der Waals surface area contributed by atoms with E-state index in [-0.39, 0.29) is 35.5 Å². The Hall–Kier alpha value is -3.62. The molecule has 2 N–H and O–H groups in total. The molecule has 0 aliphatic carbocycles. The number of hydrogen-bond donors (Lipinski definition) is 2. The van der Waals surface area contributed by atoms with Crippen molar-refractivity contribution >= 4 is 29.2 Å². The molecule has 36 heavy (non-hydrogen) atoms. The van der Waals surface area contributed by atoms with Crippen molar-refractivity contribution in [3.8, 4) is 0 Å². The van der Waals surface area contributed by atoms with E-state index in [2.05, 4.69) is 15.5 Å². The Morgan fingerprint density at radius 1 is 0.972 bits per heavy atom. The molecule has 0 aromatic heterocycles. The van der Waals surface area contributed by atoms with E-state index in [0.717, 1.165) is 12.1 Å². The summed E-state index contributed by atoms with van der Waals surface area (Å²) in [6, 6.07) is 13.3. The molecule has 4 amide bonds. The van der Waals surface area contributed by atoms with E-state index in [4.69, 9.17) is 0 Å². The lowest BCUT2D eigenvalue weighted by Crippen LogP contribution is -2.50. The van der Waals surface area contributed by atoms with Crippen LogP contribution in [0, 0.1) is 5.82 Å². The van der Waals surface area contributed by atoms with Crippen molar-refractivity contribution < 1.29 is 18.8 Å². The van der Waals surface area contributed by atoms with Gasteiger partial charge in [-0.15, -0.1) is 0 Å². The highest BCUT2D eigenvalue weighted by Gasteiger charge is 2.24. The van der Waals surface area contributed by atoms with Gasteiger partial charge in [0, 0.05) is 49.6 Å². The van der Waals surface area contributed by atoms with E-state index >= 15 is 0 Å². The predicted octanol–water partition coefficient (Wildman–Crippen LogP) is 3.95. The van der Waals surface area contributed by atoms with Crippen LogP contribution in [0.3, 0.4) is 0 Å². The molecule has 0 atom stereocenters. The number of anilines is 2. The molecule has 2 aromatic rings. The highest BCUT2D eigenvalue weighted by atomic mass is 19.1. The van der Waals surface area contributed by atoms with Gasteiger partial charge in [0.15, 0.2) is 0 Å². The average Bonchev–Trinajstić information content (AvgIpc) is 2.83. The molecule has 0 spiro atoms. The molecule has 1 aliphatic rings. The zero-order valence-electron chi connectivity index (χ0n) is 21.5. The summed E-state index contributed by atoms with van der Waals surface area (Å²) in [7, 11) is 0. The van der Waals surface area contributed by atoms with Crippen LogP contribution in [0.5, 0.6) is 0 Å². The molecule has 0 saturated carbocycles. The third-order valence-corrected chi connectivity index (χ3v) is 5.78.